The molecule has 0 aromatic carbocycles. The molecule has 0 amide bonds. The second kappa shape index (κ2) is 17.8. The van der Waals surface area contributed by atoms with Crippen LogP contribution in [0, 0.1) is 0 Å². The summed E-state index contributed by atoms with van der Waals surface area (Å²) in [5.41, 5.74) is 0. The summed E-state index contributed by atoms with van der Waals surface area (Å²) < 4.78 is 0. The fourth-order valence-corrected chi connectivity index (χ4v) is 4.50. The highest BCUT2D eigenvalue weighted by Crippen LogP contribution is 2.19. The molecule has 1 aliphatic rings. The maximum absolute atomic E-state index is 11.2. The lowest BCUT2D eigenvalue weighted by Gasteiger charge is -2.29. The number of carbonyl (C=O) groups is 1. The van der Waals surface area contributed by atoms with E-state index in [2.05, 4.69) is 23.7 Å². The summed E-state index contributed by atoms with van der Waals surface area (Å²) in [5.74, 6) is 0.481. The zero-order valence-electron chi connectivity index (χ0n) is 19.5. The van der Waals surface area contributed by atoms with Crippen molar-refractivity contribution in [1.82, 2.24) is 4.90 Å². The second-order valence-electron chi connectivity index (χ2n) is 8.88. The smallest absolute Gasteiger partial charge is 0.305 e. The van der Waals surface area contributed by atoms with E-state index in [1.54, 1.807) is 0 Å². The van der Waals surface area contributed by atoms with Gasteiger partial charge in [0, 0.05) is 19.0 Å². The molecule has 1 heterocycles. The molecular weight excluding hydrogens is 360 g/mol. The number of aliphatic imine (C=N–C) groups is 1. The quantitative estimate of drug-likeness (QED) is 0.216. The zero-order chi connectivity index (χ0) is 21.2. The third kappa shape index (κ3) is 13.0. The lowest BCUT2D eigenvalue weighted by Crippen LogP contribution is -2.39. The van der Waals surface area contributed by atoms with Gasteiger partial charge < -0.3 is 10.0 Å². The van der Waals surface area contributed by atoms with Crippen molar-refractivity contribution < 1.29 is 9.90 Å². The minimum atomic E-state index is -0.689. The number of carboxylic acid groups (broad SMARTS) is 1. The number of nitrogens with zero attached hydrogens (tertiary/aromatic N) is 2. The van der Waals surface area contributed by atoms with E-state index in [1.165, 1.54) is 95.7 Å². The van der Waals surface area contributed by atoms with E-state index in [9.17, 15) is 9.90 Å². The molecule has 0 fully saturated rings. The molecule has 0 aliphatic carbocycles. The Morgan fingerprint density at radius 3 is 1.86 bits per heavy atom. The summed E-state index contributed by atoms with van der Waals surface area (Å²) in [6.07, 6.45) is 22.5. The van der Waals surface area contributed by atoms with Crippen molar-refractivity contribution >= 4 is 11.8 Å². The highest BCUT2D eigenvalue weighted by Gasteiger charge is 2.26. The van der Waals surface area contributed by atoms with Crippen LogP contribution in [0.25, 0.3) is 0 Å². The molecule has 170 valence electrons. The number of carboxylic acids is 1. The Bertz CT molecular complexity index is 437. The van der Waals surface area contributed by atoms with Gasteiger partial charge in [0.05, 0.1) is 18.8 Å². The van der Waals surface area contributed by atoms with E-state index in [0.29, 0.717) is 0 Å². The van der Waals surface area contributed by atoms with E-state index in [1.807, 2.05) is 0 Å². The summed E-state index contributed by atoms with van der Waals surface area (Å²) in [7, 11) is 0. The number of hydrogen-bond donors (Lipinski definition) is 1. The van der Waals surface area contributed by atoms with Crippen LogP contribution >= 0.6 is 0 Å². The zero-order valence-corrected chi connectivity index (χ0v) is 19.5. The molecule has 4 heteroatoms. The Kier molecular flexibility index (Phi) is 15.9. The molecule has 0 aromatic rings. The van der Waals surface area contributed by atoms with Crippen LogP contribution in [0.4, 0.5) is 0 Å². The van der Waals surface area contributed by atoms with Crippen LogP contribution in [0.1, 0.15) is 129 Å². The monoisotopic (exact) mass is 408 g/mol. The van der Waals surface area contributed by atoms with Gasteiger partial charge in [0.1, 0.15) is 0 Å². The molecule has 1 aliphatic heterocycles. The van der Waals surface area contributed by atoms with E-state index in [-0.39, 0.29) is 12.5 Å². The van der Waals surface area contributed by atoms with Crippen LogP contribution in [0.5, 0.6) is 0 Å². The Balaban J connectivity index is 2.00. The first-order chi connectivity index (χ1) is 14.2. The molecule has 0 aromatic heterocycles. The second-order valence-corrected chi connectivity index (χ2v) is 8.88. The summed E-state index contributed by atoms with van der Waals surface area (Å²) >= 11 is 0. The molecule has 1 unspecified atom stereocenters. The fraction of sp³-hybridized carbons (Fsp3) is 0.920. The average Bonchev–Trinajstić information content (AvgIpc) is 3.16. The lowest BCUT2D eigenvalue weighted by atomic mass is 10.0. The SMILES string of the molecule is CCCCCCCCCCCCCCCCC1=NCCN1C(CCC)CC(=O)O. The maximum atomic E-state index is 11.2. The summed E-state index contributed by atoms with van der Waals surface area (Å²) in [6.45, 7) is 6.16. The largest absolute Gasteiger partial charge is 0.481 e. The molecule has 0 saturated carbocycles. The van der Waals surface area contributed by atoms with Crippen LogP contribution in [0.3, 0.4) is 0 Å². The van der Waals surface area contributed by atoms with Crippen molar-refractivity contribution in [2.75, 3.05) is 13.1 Å². The number of aliphatic carboxylic acids is 1. The number of unbranched alkanes of at least 4 members (excludes halogenated alkanes) is 13. The van der Waals surface area contributed by atoms with Gasteiger partial charge in [0.25, 0.3) is 0 Å². The van der Waals surface area contributed by atoms with Crippen LogP contribution in [-0.2, 0) is 4.79 Å². The number of amidine groups is 1. The van der Waals surface area contributed by atoms with Crippen LogP contribution in [-0.4, -0.2) is 40.9 Å². The van der Waals surface area contributed by atoms with Crippen molar-refractivity contribution in [2.45, 2.75) is 135 Å². The fourth-order valence-electron chi connectivity index (χ4n) is 4.50. The lowest BCUT2D eigenvalue weighted by molar-refractivity contribution is -0.138. The van der Waals surface area contributed by atoms with Gasteiger partial charge >= 0.3 is 5.97 Å². The summed E-state index contributed by atoms with van der Waals surface area (Å²) in [4.78, 5) is 18.1. The Morgan fingerprint density at radius 1 is 0.862 bits per heavy atom. The van der Waals surface area contributed by atoms with Crippen molar-refractivity contribution in [3.63, 3.8) is 0 Å². The molecule has 1 rings (SSSR count). The van der Waals surface area contributed by atoms with Gasteiger partial charge in [-0.15, -0.1) is 0 Å². The van der Waals surface area contributed by atoms with Crippen molar-refractivity contribution in [2.24, 2.45) is 4.99 Å². The standard InChI is InChI=1S/C25H48N2O2/c1-3-5-6-7-8-9-10-11-12-13-14-15-16-17-19-24-26-20-21-27(24)23(18-4-2)22-25(28)29/h23H,3-22H2,1-2H3,(H,28,29). The average molecular weight is 409 g/mol. The first kappa shape index (κ1) is 26.0. The summed E-state index contributed by atoms with van der Waals surface area (Å²) in [6, 6.07) is 0.130. The van der Waals surface area contributed by atoms with Crippen molar-refractivity contribution in [3.8, 4) is 0 Å². The van der Waals surface area contributed by atoms with Gasteiger partial charge in [-0.25, -0.2) is 0 Å². The molecule has 0 saturated heterocycles. The highest BCUT2D eigenvalue weighted by molar-refractivity contribution is 5.84. The van der Waals surface area contributed by atoms with Gasteiger partial charge in [-0.1, -0.05) is 104 Å². The molecule has 0 bridgehead atoms. The van der Waals surface area contributed by atoms with Crippen molar-refractivity contribution in [1.29, 1.82) is 0 Å². The van der Waals surface area contributed by atoms with Crippen molar-refractivity contribution in [3.05, 3.63) is 0 Å². The van der Waals surface area contributed by atoms with Gasteiger partial charge in [-0.3, -0.25) is 9.79 Å². The normalized spacial score (nSPS) is 15.0. The third-order valence-electron chi connectivity index (χ3n) is 6.19. The van der Waals surface area contributed by atoms with E-state index in [4.69, 9.17) is 0 Å². The topological polar surface area (TPSA) is 52.9 Å². The first-order valence-corrected chi connectivity index (χ1v) is 12.7. The van der Waals surface area contributed by atoms with E-state index < -0.39 is 5.97 Å². The molecule has 1 N–H and O–H groups in total. The third-order valence-corrected chi connectivity index (χ3v) is 6.19. The van der Waals surface area contributed by atoms with Crippen LogP contribution < -0.4 is 0 Å². The predicted octanol–water partition coefficient (Wildman–Crippen LogP) is 7.22. The Hall–Kier alpha value is -1.06. The Morgan fingerprint density at radius 2 is 1.38 bits per heavy atom. The first-order valence-electron chi connectivity index (χ1n) is 12.7. The molecule has 4 nitrogen and oxygen atoms in total. The Labute approximate surface area is 180 Å². The summed E-state index contributed by atoms with van der Waals surface area (Å²) in [5, 5.41) is 9.20. The molecule has 0 radical (unpaired) electrons. The van der Waals surface area contributed by atoms with E-state index >= 15 is 0 Å². The minimum Gasteiger partial charge on any atom is -0.481 e. The van der Waals surface area contributed by atoms with Gasteiger partial charge in [-0.2, -0.15) is 0 Å². The number of rotatable bonds is 20. The van der Waals surface area contributed by atoms with Crippen LogP contribution in [0.15, 0.2) is 4.99 Å². The highest BCUT2D eigenvalue weighted by atomic mass is 16.4. The predicted molar refractivity (Wildman–Crippen MR) is 125 cm³/mol. The van der Waals surface area contributed by atoms with Gasteiger partial charge in [0.15, 0.2) is 0 Å². The van der Waals surface area contributed by atoms with Gasteiger partial charge in [-0.05, 0) is 12.8 Å². The molecule has 29 heavy (non-hydrogen) atoms. The maximum Gasteiger partial charge on any atom is 0.305 e. The van der Waals surface area contributed by atoms with E-state index in [0.717, 1.165) is 32.4 Å². The minimum absolute atomic E-state index is 0.130. The van der Waals surface area contributed by atoms with Crippen LogP contribution in [0.2, 0.25) is 0 Å². The van der Waals surface area contributed by atoms with Gasteiger partial charge in [0.2, 0.25) is 0 Å². The molecule has 1 atom stereocenters. The molecule has 0 spiro atoms. The number of hydrogen-bond acceptors (Lipinski definition) is 3. The molecular formula is C25H48N2O2.